The van der Waals surface area contributed by atoms with Crippen molar-refractivity contribution in [3.63, 3.8) is 0 Å². The van der Waals surface area contributed by atoms with E-state index in [0.29, 0.717) is 28.6 Å². The number of hydrogen-bond donors (Lipinski definition) is 3. The highest BCUT2D eigenvalue weighted by atomic mass is 16.5. The first-order valence-corrected chi connectivity index (χ1v) is 14.3. The lowest BCUT2D eigenvalue weighted by molar-refractivity contribution is 0.0917. The van der Waals surface area contributed by atoms with Gasteiger partial charge in [-0.3, -0.25) is 9.59 Å². The van der Waals surface area contributed by atoms with Gasteiger partial charge >= 0.3 is 0 Å². The van der Waals surface area contributed by atoms with Gasteiger partial charge in [-0.2, -0.15) is 0 Å². The van der Waals surface area contributed by atoms with Gasteiger partial charge in [0.15, 0.2) is 0 Å². The van der Waals surface area contributed by atoms with Crippen molar-refractivity contribution in [1.82, 2.24) is 5.32 Å². The number of carbonyl (C=O) groups is 2. The minimum atomic E-state index is -0.236. The molecule has 2 fully saturated rings. The molecule has 0 saturated heterocycles. The number of benzene rings is 2. The zero-order valence-corrected chi connectivity index (χ0v) is 23.5. The summed E-state index contributed by atoms with van der Waals surface area (Å²) in [6, 6.07) is 13.4. The second kappa shape index (κ2) is 12.3. The van der Waals surface area contributed by atoms with E-state index in [2.05, 4.69) is 31.4 Å². The highest BCUT2D eigenvalue weighted by molar-refractivity contribution is 6.06. The molecular weight excluding hydrogens is 474 g/mol. The first kappa shape index (κ1) is 28.2. The number of ether oxygens (including phenoxy) is 1. The van der Waals surface area contributed by atoms with E-state index in [1.807, 2.05) is 24.3 Å². The quantitative estimate of drug-likeness (QED) is 0.392. The van der Waals surface area contributed by atoms with E-state index < -0.39 is 0 Å². The second-order valence-electron chi connectivity index (χ2n) is 12.4. The Morgan fingerprint density at radius 1 is 0.842 bits per heavy atom. The van der Waals surface area contributed by atoms with Crippen molar-refractivity contribution in [2.75, 3.05) is 12.4 Å². The summed E-state index contributed by atoms with van der Waals surface area (Å²) in [6.45, 7) is 6.43. The van der Waals surface area contributed by atoms with Crippen LogP contribution in [-0.2, 0) is 5.41 Å². The molecule has 0 aromatic heterocycles. The van der Waals surface area contributed by atoms with Crippen LogP contribution in [0.3, 0.4) is 0 Å². The molecule has 6 nitrogen and oxygen atoms in total. The maximum atomic E-state index is 13.1. The monoisotopic (exact) mass is 519 g/mol. The summed E-state index contributed by atoms with van der Waals surface area (Å²) in [6.07, 6.45) is 10.6. The number of carbonyl (C=O) groups excluding carboxylic acids is 2. The minimum Gasteiger partial charge on any atom is -0.495 e. The average molecular weight is 520 g/mol. The number of rotatable bonds is 7. The van der Waals surface area contributed by atoms with Gasteiger partial charge < -0.3 is 21.1 Å². The fourth-order valence-corrected chi connectivity index (χ4v) is 5.97. The van der Waals surface area contributed by atoms with E-state index in [1.165, 1.54) is 44.9 Å². The van der Waals surface area contributed by atoms with E-state index in [1.54, 1.807) is 25.3 Å². The van der Waals surface area contributed by atoms with Crippen LogP contribution in [0.2, 0.25) is 0 Å². The molecule has 0 heterocycles. The number of nitrogens with two attached hydrogens (primary N) is 1. The van der Waals surface area contributed by atoms with Crippen molar-refractivity contribution in [3.8, 4) is 5.75 Å². The van der Waals surface area contributed by atoms with E-state index in [0.717, 1.165) is 30.2 Å². The van der Waals surface area contributed by atoms with Gasteiger partial charge in [0, 0.05) is 23.2 Å². The summed E-state index contributed by atoms with van der Waals surface area (Å²) >= 11 is 0. The molecule has 2 saturated carbocycles. The molecule has 0 radical (unpaired) electrons. The third-order valence-electron chi connectivity index (χ3n) is 8.46. The van der Waals surface area contributed by atoms with Crippen LogP contribution in [-0.4, -0.2) is 31.0 Å². The lowest BCUT2D eigenvalue weighted by Gasteiger charge is -2.33. The summed E-state index contributed by atoms with van der Waals surface area (Å²) in [5.74, 6) is 1.77. The fraction of sp³-hybridized carbons (Fsp3) is 0.562. The van der Waals surface area contributed by atoms with Crippen LogP contribution in [0, 0.1) is 11.8 Å². The Morgan fingerprint density at radius 2 is 1.42 bits per heavy atom. The minimum absolute atomic E-state index is 0.0171. The van der Waals surface area contributed by atoms with Crippen molar-refractivity contribution >= 4 is 17.5 Å². The first-order valence-electron chi connectivity index (χ1n) is 14.3. The van der Waals surface area contributed by atoms with Crippen LogP contribution < -0.4 is 21.1 Å². The van der Waals surface area contributed by atoms with Crippen LogP contribution in [0.15, 0.2) is 42.5 Å². The molecule has 0 atom stereocenters. The standard InChI is InChI=1S/C32H45N3O3/c1-32(2,3)25-12-9-23(10-13-25)30(36)35-28-20-24(11-18-29(28)38-4)31(37)34-27-16-7-22(8-17-27)19-21-5-14-26(33)15-6-21/h9-13,18,20-22,26-27H,5-8,14-17,19,33H2,1-4H3,(H,34,37)(H,35,36). The van der Waals surface area contributed by atoms with Crippen molar-refractivity contribution < 1.29 is 14.3 Å². The Morgan fingerprint density at radius 3 is 2.00 bits per heavy atom. The number of methoxy groups -OCH3 is 1. The van der Waals surface area contributed by atoms with Crippen molar-refractivity contribution in [2.45, 2.75) is 96.1 Å². The lowest BCUT2D eigenvalue weighted by atomic mass is 9.76. The number of amides is 2. The number of hydrogen-bond acceptors (Lipinski definition) is 4. The molecule has 0 unspecified atom stereocenters. The zero-order valence-electron chi connectivity index (χ0n) is 23.5. The van der Waals surface area contributed by atoms with Gasteiger partial charge in [-0.15, -0.1) is 0 Å². The molecular formula is C32H45N3O3. The molecule has 0 spiro atoms. The van der Waals surface area contributed by atoms with Gasteiger partial charge in [-0.1, -0.05) is 32.9 Å². The molecule has 2 aromatic carbocycles. The summed E-state index contributed by atoms with van der Waals surface area (Å²) in [5, 5.41) is 6.16. The topological polar surface area (TPSA) is 93.4 Å². The summed E-state index contributed by atoms with van der Waals surface area (Å²) in [4.78, 5) is 26.1. The molecule has 4 rings (SSSR count). The van der Waals surface area contributed by atoms with Gasteiger partial charge in [-0.05, 0) is 111 Å². The Labute approximate surface area is 228 Å². The molecule has 6 heteroatoms. The SMILES string of the molecule is COc1ccc(C(=O)NC2CCC(CC3CCC(N)CC3)CC2)cc1NC(=O)c1ccc(C(C)(C)C)cc1. The Hall–Kier alpha value is -2.86. The van der Waals surface area contributed by atoms with E-state index in [9.17, 15) is 9.59 Å². The molecule has 2 amide bonds. The molecule has 38 heavy (non-hydrogen) atoms. The number of anilines is 1. The summed E-state index contributed by atoms with van der Waals surface area (Å²) in [7, 11) is 1.56. The smallest absolute Gasteiger partial charge is 0.255 e. The molecule has 2 aliphatic rings. The molecule has 2 aromatic rings. The van der Waals surface area contributed by atoms with E-state index in [-0.39, 0.29) is 23.3 Å². The van der Waals surface area contributed by atoms with Crippen molar-refractivity contribution in [2.24, 2.45) is 17.6 Å². The van der Waals surface area contributed by atoms with E-state index in [4.69, 9.17) is 10.5 Å². The van der Waals surface area contributed by atoms with Gasteiger partial charge in [0.25, 0.3) is 11.8 Å². The van der Waals surface area contributed by atoms with Crippen molar-refractivity contribution in [1.29, 1.82) is 0 Å². The molecule has 4 N–H and O–H groups in total. The highest BCUT2D eigenvalue weighted by Crippen LogP contribution is 2.35. The van der Waals surface area contributed by atoms with Crippen LogP contribution in [0.25, 0.3) is 0 Å². The highest BCUT2D eigenvalue weighted by Gasteiger charge is 2.27. The predicted octanol–water partition coefficient (Wildman–Crippen LogP) is 6.44. The Balaban J connectivity index is 1.32. The third kappa shape index (κ3) is 7.37. The molecule has 206 valence electrons. The van der Waals surface area contributed by atoms with Crippen molar-refractivity contribution in [3.05, 3.63) is 59.2 Å². The van der Waals surface area contributed by atoms with E-state index >= 15 is 0 Å². The predicted molar refractivity (Wildman–Crippen MR) is 154 cm³/mol. The number of nitrogens with one attached hydrogen (secondary N) is 2. The average Bonchev–Trinajstić information content (AvgIpc) is 2.90. The lowest BCUT2D eigenvalue weighted by Crippen LogP contribution is -2.38. The van der Waals surface area contributed by atoms with Crippen LogP contribution in [0.4, 0.5) is 5.69 Å². The second-order valence-corrected chi connectivity index (χ2v) is 12.4. The van der Waals surface area contributed by atoms with Crippen LogP contribution in [0.5, 0.6) is 5.75 Å². The van der Waals surface area contributed by atoms with Gasteiger partial charge in [-0.25, -0.2) is 0 Å². The zero-order chi connectivity index (χ0) is 27.3. The van der Waals surface area contributed by atoms with Gasteiger partial charge in [0.2, 0.25) is 0 Å². The fourth-order valence-electron chi connectivity index (χ4n) is 5.97. The Bertz CT molecular complexity index is 1090. The maximum Gasteiger partial charge on any atom is 0.255 e. The molecule has 0 aliphatic heterocycles. The third-order valence-corrected chi connectivity index (χ3v) is 8.46. The summed E-state index contributed by atoms with van der Waals surface area (Å²) < 4.78 is 5.46. The maximum absolute atomic E-state index is 13.1. The molecule has 2 aliphatic carbocycles. The van der Waals surface area contributed by atoms with Gasteiger partial charge in [0.1, 0.15) is 5.75 Å². The largest absolute Gasteiger partial charge is 0.495 e. The van der Waals surface area contributed by atoms with Crippen LogP contribution >= 0.6 is 0 Å². The van der Waals surface area contributed by atoms with Gasteiger partial charge in [0.05, 0.1) is 12.8 Å². The first-order chi connectivity index (χ1) is 18.1. The molecule has 0 bridgehead atoms. The normalized spacial score (nSPS) is 23.9. The summed E-state index contributed by atoms with van der Waals surface area (Å²) in [5.41, 5.74) is 8.81. The Kier molecular flexibility index (Phi) is 9.14. The van der Waals surface area contributed by atoms with Crippen LogP contribution in [0.1, 0.15) is 105 Å².